The van der Waals surface area contributed by atoms with Crippen molar-refractivity contribution in [2.75, 3.05) is 11.5 Å². The van der Waals surface area contributed by atoms with Crippen molar-refractivity contribution >= 4 is 22.8 Å². The summed E-state index contributed by atoms with van der Waals surface area (Å²) in [5.41, 5.74) is 4.80. The first kappa shape index (κ1) is 19.3. The van der Waals surface area contributed by atoms with Crippen molar-refractivity contribution < 1.29 is 0 Å². The van der Waals surface area contributed by atoms with E-state index in [0.29, 0.717) is 0 Å². The number of fused-ring (bicyclic) bond motifs is 1. The van der Waals surface area contributed by atoms with Gasteiger partial charge in [0.25, 0.3) is 0 Å². The lowest BCUT2D eigenvalue weighted by atomic mass is 10.2. The standard InChI is InChI=1S/C20H33N3S/c1-5-7-11-19-22-18-15-21-17(4)16(3)20(18)23(19)12-9-10-14-24-13-8-6-2/h15H,5-14H2,1-4H3. The van der Waals surface area contributed by atoms with Gasteiger partial charge in [-0.05, 0) is 56.6 Å². The molecule has 0 fully saturated rings. The quantitative estimate of drug-likeness (QED) is 0.488. The molecule has 0 bridgehead atoms. The molecule has 0 aromatic carbocycles. The zero-order chi connectivity index (χ0) is 17.4. The number of aryl methyl sites for hydroxylation is 4. The molecule has 4 heteroatoms. The predicted octanol–water partition coefficient (Wildman–Crippen LogP) is 5.70. The number of hydrogen-bond acceptors (Lipinski definition) is 3. The van der Waals surface area contributed by atoms with E-state index in [1.165, 1.54) is 66.9 Å². The van der Waals surface area contributed by atoms with Gasteiger partial charge in [0.1, 0.15) is 11.3 Å². The fourth-order valence-electron chi connectivity index (χ4n) is 3.02. The second kappa shape index (κ2) is 10.1. The first-order valence-corrected chi connectivity index (χ1v) is 10.7. The lowest BCUT2D eigenvalue weighted by Gasteiger charge is -2.11. The average molecular weight is 348 g/mol. The summed E-state index contributed by atoms with van der Waals surface area (Å²) < 4.78 is 2.48. The summed E-state index contributed by atoms with van der Waals surface area (Å²) in [7, 11) is 0. The van der Waals surface area contributed by atoms with Crippen molar-refractivity contribution in [1.29, 1.82) is 0 Å². The van der Waals surface area contributed by atoms with Crippen LogP contribution in [0.3, 0.4) is 0 Å². The number of rotatable bonds is 11. The van der Waals surface area contributed by atoms with Crippen LogP contribution < -0.4 is 0 Å². The van der Waals surface area contributed by atoms with Crippen LogP contribution >= 0.6 is 11.8 Å². The summed E-state index contributed by atoms with van der Waals surface area (Å²) in [6.07, 6.45) is 10.6. The fraction of sp³-hybridized carbons (Fsp3) is 0.700. The molecule has 24 heavy (non-hydrogen) atoms. The van der Waals surface area contributed by atoms with E-state index < -0.39 is 0 Å². The Kier molecular flexibility index (Phi) is 8.10. The van der Waals surface area contributed by atoms with Crippen LogP contribution in [0.2, 0.25) is 0 Å². The SMILES string of the molecule is CCCCSCCCCn1c(CCCC)nc2cnc(C)c(C)c21. The van der Waals surface area contributed by atoms with E-state index in [9.17, 15) is 0 Å². The lowest BCUT2D eigenvalue weighted by molar-refractivity contribution is 0.605. The maximum absolute atomic E-state index is 4.89. The normalized spacial score (nSPS) is 11.5. The Hall–Kier alpha value is -1.03. The van der Waals surface area contributed by atoms with Gasteiger partial charge >= 0.3 is 0 Å². The molecule has 0 atom stereocenters. The molecule has 0 spiro atoms. The van der Waals surface area contributed by atoms with Crippen LogP contribution in [0.15, 0.2) is 6.20 Å². The molecule has 0 aliphatic carbocycles. The highest BCUT2D eigenvalue weighted by molar-refractivity contribution is 7.99. The molecule has 0 saturated heterocycles. The van der Waals surface area contributed by atoms with E-state index in [4.69, 9.17) is 4.98 Å². The zero-order valence-electron chi connectivity index (χ0n) is 15.9. The van der Waals surface area contributed by atoms with Crippen molar-refractivity contribution in [3.05, 3.63) is 23.3 Å². The average Bonchev–Trinajstić information content (AvgIpc) is 2.94. The molecule has 2 rings (SSSR count). The van der Waals surface area contributed by atoms with Crippen molar-refractivity contribution in [2.45, 2.75) is 79.2 Å². The third-order valence-electron chi connectivity index (χ3n) is 4.67. The highest BCUT2D eigenvalue weighted by Crippen LogP contribution is 2.23. The summed E-state index contributed by atoms with van der Waals surface area (Å²) in [5.74, 6) is 3.85. The van der Waals surface area contributed by atoms with Crippen LogP contribution in [0.4, 0.5) is 0 Å². The first-order valence-electron chi connectivity index (χ1n) is 9.58. The molecule has 0 radical (unpaired) electrons. The van der Waals surface area contributed by atoms with Gasteiger partial charge in [-0.1, -0.05) is 26.7 Å². The lowest BCUT2D eigenvalue weighted by Crippen LogP contribution is -2.06. The molecule has 2 aromatic heterocycles. The smallest absolute Gasteiger partial charge is 0.109 e. The number of pyridine rings is 1. The molecule has 0 N–H and O–H groups in total. The molecule has 0 saturated carbocycles. The van der Waals surface area contributed by atoms with Crippen molar-refractivity contribution in [3.63, 3.8) is 0 Å². The third-order valence-corrected chi connectivity index (χ3v) is 5.82. The van der Waals surface area contributed by atoms with Gasteiger partial charge in [0.2, 0.25) is 0 Å². The van der Waals surface area contributed by atoms with E-state index in [-0.39, 0.29) is 0 Å². The Morgan fingerprint density at radius 3 is 2.50 bits per heavy atom. The van der Waals surface area contributed by atoms with E-state index in [1.54, 1.807) is 0 Å². The van der Waals surface area contributed by atoms with Gasteiger partial charge in [-0.25, -0.2) is 4.98 Å². The molecule has 0 unspecified atom stereocenters. The summed E-state index contributed by atoms with van der Waals surface area (Å²) >= 11 is 2.11. The highest BCUT2D eigenvalue weighted by Gasteiger charge is 2.14. The fourth-order valence-corrected chi connectivity index (χ4v) is 4.12. The molecule has 134 valence electrons. The summed E-state index contributed by atoms with van der Waals surface area (Å²) in [5, 5.41) is 0. The van der Waals surface area contributed by atoms with Crippen molar-refractivity contribution in [3.8, 4) is 0 Å². The number of thioether (sulfide) groups is 1. The molecule has 3 nitrogen and oxygen atoms in total. The van der Waals surface area contributed by atoms with Gasteiger partial charge < -0.3 is 4.57 Å². The van der Waals surface area contributed by atoms with Gasteiger partial charge in [0.05, 0.1) is 11.7 Å². The number of unbranched alkanes of at least 4 members (excludes halogenated alkanes) is 3. The summed E-state index contributed by atoms with van der Waals surface area (Å²) in [6.45, 7) is 9.89. The number of nitrogens with zero attached hydrogens (tertiary/aromatic N) is 3. The maximum atomic E-state index is 4.89. The number of hydrogen-bond donors (Lipinski definition) is 0. The van der Waals surface area contributed by atoms with Gasteiger partial charge in [-0.3, -0.25) is 4.98 Å². The van der Waals surface area contributed by atoms with Gasteiger partial charge in [-0.15, -0.1) is 0 Å². The van der Waals surface area contributed by atoms with Gasteiger partial charge in [0, 0.05) is 18.7 Å². The predicted molar refractivity (Wildman–Crippen MR) is 107 cm³/mol. The number of imidazole rings is 1. The Balaban J connectivity index is 2.06. The molecular formula is C20H33N3S. The minimum Gasteiger partial charge on any atom is -0.328 e. The van der Waals surface area contributed by atoms with Crippen molar-refractivity contribution in [1.82, 2.24) is 14.5 Å². The van der Waals surface area contributed by atoms with Crippen LogP contribution in [-0.2, 0) is 13.0 Å². The molecule has 2 heterocycles. The van der Waals surface area contributed by atoms with Crippen LogP contribution in [0.1, 0.15) is 69.5 Å². The van der Waals surface area contributed by atoms with E-state index in [2.05, 4.69) is 49.0 Å². The van der Waals surface area contributed by atoms with Crippen LogP contribution in [0, 0.1) is 13.8 Å². The maximum Gasteiger partial charge on any atom is 0.109 e. The first-order chi connectivity index (χ1) is 11.7. The highest BCUT2D eigenvalue weighted by atomic mass is 32.2. The van der Waals surface area contributed by atoms with Gasteiger partial charge in [0.15, 0.2) is 0 Å². The Morgan fingerprint density at radius 2 is 1.75 bits per heavy atom. The monoisotopic (exact) mass is 347 g/mol. The minimum absolute atomic E-state index is 1.07. The molecular weight excluding hydrogens is 314 g/mol. The minimum atomic E-state index is 1.07. The van der Waals surface area contributed by atoms with Crippen molar-refractivity contribution in [2.24, 2.45) is 0 Å². The van der Waals surface area contributed by atoms with Gasteiger partial charge in [-0.2, -0.15) is 11.8 Å². The van der Waals surface area contributed by atoms with E-state index >= 15 is 0 Å². The molecule has 0 amide bonds. The summed E-state index contributed by atoms with van der Waals surface area (Å²) in [6, 6.07) is 0. The van der Waals surface area contributed by atoms with Crippen LogP contribution in [-0.4, -0.2) is 26.0 Å². The Bertz CT molecular complexity index is 633. The van der Waals surface area contributed by atoms with E-state index in [1.807, 2.05) is 6.20 Å². The topological polar surface area (TPSA) is 30.7 Å². The third kappa shape index (κ3) is 4.98. The number of aromatic nitrogens is 3. The molecule has 0 aliphatic heterocycles. The van der Waals surface area contributed by atoms with E-state index in [0.717, 1.165) is 24.2 Å². The van der Waals surface area contributed by atoms with Crippen LogP contribution in [0.5, 0.6) is 0 Å². The Morgan fingerprint density at radius 1 is 1.00 bits per heavy atom. The zero-order valence-corrected chi connectivity index (χ0v) is 16.7. The Labute approximate surface area is 151 Å². The second-order valence-electron chi connectivity index (χ2n) is 6.66. The molecule has 0 aliphatic rings. The largest absolute Gasteiger partial charge is 0.328 e. The second-order valence-corrected chi connectivity index (χ2v) is 7.88. The summed E-state index contributed by atoms with van der Waals surface area (Å²) in [4.78, 5) is 9.39. The van der Waals surface area contributed by atoms with Crippen LogP contribution in [0.25, 0.3) is 11.0 Å². The molecule has 2 aromatic rings.